The van der Waals surface area contributed by atoms with Crippen molar-refractivity contribution in [1.82, 2.24) is 0 Å². The predicted octanol–water partition coefficient (Wildman–Crippen LogP) is 7.73. The lowest BCUT2D eigenvalue weighted by Gasteiger charge is -2.10. The first-order chi connectivity index (χ1) is 16.1. The highest BCUT2D eigenvalue weighted by Crippen LogP contribution is 2.34. The second-order valence-corrected chi connectivity index (χ2v) is 9.16. The molecule has 0 aliphatic rings. The molecule has 0 amide bonds. The van der Waals surface area contributed by atoms with Gasteiger partial charge in [-0.05, 0) is 95.7 Å². The van der Waals surface area contributed by atoms with Crippen LogP contribution in [0.2, 0.25) is 0 Å². The summed E-state index contributed by atoms with van der Waals surface area (Å²) in [4.78, 5) is 0. The quantitative estimate of drug-likeness (QED) is 0.250. The molecule has 0 spiro atoms. The Bertz CT molecular complexity index is 1090. The normalized spacial score (nSPS) is 11.5. The average molecular weight is 463 g/mol. The molecule has 0 aliphatic carbocycles. The summed E-state index contributed by atoms with van der Waals surface area (Å²) < 4.78 is 5.38. The van der Waals surface area contributed by atoms with Crippen LogP contribution in [0.5, 0.6) is 23.0 Å². The molecular weight excluding hydrogens is 424 g/mol. The monoisotopic (exact) mass is 462 g/mol. The minimum atomic E-state index is 0.0647. The molecule has 0 bridgehead atoms. The summed E-state index contributed by atoms with van der Waals surface area (Å²) in [6.45, 7) is 10.3. The van der Waals surface area contributed by atoms with Gasteiger partial charge in [0.15, 0.2) is 11.5 Å². The molecule has 4 heteroatoms. The van der Waals surface area contributed by atoms with Crippen molar-refractivity contribution in [3.63, 3.8) is 0 Å². The maximum absolute atomic E-state index is 10.6. The molecule has 0 aromatic heterocycles. The molecule has 3 N–H and O–H groups in total. The van der Waals surface area contributed by atoms with Crippen LogP contribution in [0.1, 0.15) is 69.7 Å². The van der Waals surface area contributed by atoms with Crippen molar-refractivity contribution >= 4 is 12.2 Å². The largest absolute Gasteiger partial charge is 0.507 e. The molecule has 0 aliphatic heterocycles. The van der Waals surface area contributed by atoms with Crippen molar-refractivity contribution in [1.29, 1.82) is 0 Å². The number of ether oxygens (including phenoxy) is 1. The number of hydrogen-bond donors (Lipinski definition) is 3. The molecule has 0 saturated carbocycles. The van der Waals surface area contributed by atoms with Gasteiger partial charge in [0.25, 0.3) is 0 Å². The second kappa shape index (κ2) is 12.7. The van der Waals surface area contributed by atoms with Gasteiger partial charge in [-0.1, -0.05) is 47.1 Å². The topological polar surface area (TPSA) is 69.9 Å². The number of aromatic hydroxyl groups is 3. The van der Waals surface area contributed by atoms with Crippen LogP contribution in [0.15, 0.2) is 59.2 Å². The van der Waals surface area contributed by atoms with Crippen LogP contribution in [0.3, 0.4) is 0 Å². The SMILES string of the molecule is COc1cc(/C=C/c2cc(O)c(CC=C(C)C)c(O)c2)cc(C/C=C(\C)CCC=C(C)C)c1O. The first kappa shape index (κ1) is 26.8. The van der Waals surface area contributed by atoms with Crippen molar-refractivity contribution in [2.75, 3.05) is 7.11 Å². The first-order valence-corrected chi connectivity index (χ1v) is 11.7. The van der Waals surface area contributed by atoms with Gasteiger partial charge in [0.2, 0.25) is 0 Å². The van der Waals surface area contributed by atoms with Crippen LogP contribution in [0.4, 0.5) is 0 Å². The van der Waals surface area contributed by atoms with Gasteiger partial charge in [-0.3, -0.25) is 0 Å². The predicted molar refractivity (Wildman–Crippen MR) is 143 cm³/mol. The van der Waals surface area contributed by atoms with Crippen molar-refractivity contribution in [2.24, 2.45) is 0 Å². The summed E-state index contributed by atoms with van der Waals surface area (Å²) in [6, 6.07) is 6.98. The minimum Gasteiger partial charge on any atom is -0.507 e. The van der Waals surface area contributed by atoms with Crippen LogP contribution < -0.4 is 4.74 Å². The van der Waals surface area contributed by atoms with E-state index in [4.69, 9.17) is 4.74 Å². The Morgan fingerprint density at radius 1 is 0.765 bits per heavy atom. The van der Waals surface area contributed by atoms with Crippen LogP contribution in [0, 0.1) is 0 Å². The molecule has 2 rings (SSSR count). The summed E-state index contributed by atoms with van der Waals surface area (Å²) in [5, 5.41) is 31.3. The van der Waals surface area contributed by atoms with Gasteiger partial charge >= 0.3 is 0 Å². The number of phenolic OH excluding ortho intramolecular Hbond substituents is 3. The number of rotatable bonds is 10. The van der Waals surface area contributed by atoms with Crippen molar-refractivity contribution < 1.29 is 20.1 Å². The van der Waals surface area contributed by atoms with E-state index in [9.17, 15) is 15.3 Å². The van der Waals surface area contributed by atoms with E-state index in [1.807, 2.05) is 38.1 Å². The third kappa shape index (κ3) is 8.18. The molecule has 2 aromatic rings. The Morgan fingerprint density at radius 3 is 1.91 bits per heavy atom. The van der Waals surface area contributed by atoms with E-state index in [-0.39, 0.29) is 17.2 Å². The van der Waals surface area contributed by atoms with Gasteiger partial charge in [-0.25, -0.2) is 0 Å². The highest BCUT2D eigenvalue weighted by atomic mass is 16.5. The van der Waals surface area contributed by atoms with Crippen LogP contribution in [-0.2, 0) is 12.8 Å². The van der Waals surface area contributed by atoms with Gasteiger partial charge in [-0.2, -0.15) is 0 Å². The number of benzene rings is 2. The summed E-state index contributed by atoms with van der Waals surface area (Å²) in [7, 11) is 1.54. The first-order valence-electron chi connectivity index (χ1n) is 11.7. The molecular formula is C30H38O4. The molecule has 2 aromatic carbocycles. The number of allylic oxidation sites excluding steroid dienone is 6. The smallest absolute Gasteiger partial charge is 0.161 e. The molecule has 4 nitrogen and oxygen atoms in total. The number of hydrogen-bond acceptors (Lipinski definition) is 4. The van der Waals surface area contributed by atoms with E-state index in [1.54, 1.807) is 18.2 Å². The molecule has 0 atom stereocenters. The van der Waals surface area contributed by atoms with E-state index in [2.05, 4.69) is 32.9 Å². The van der Waals surface area contributed by atoms with Gasteiger partial charge < -0.3 is 20.1 Å². The van der Waals surface area contributed by atoms with Gasteiger partial charge in [0, 0.05) is 11.1 Å². The van der Waals surface area contributed by atoms with E-state index in [1.165, 1.54) is 18.3 Å². The van der Waals surface area contributed by atoms with Crippen molar-refractivity contribution in [3.05, 3.63) is 81.5 Å². The Labute approximate surface area is 204 Å². The van der Waals surface area contributed by atoms with E-state index < -0.39 is 0 Å². The van der Waals surface area contributed by atoms with E-state index in [0.29, 0.717) is 29.7 Å². The van der Waals surface area contributed by atoms with Crippen molar-refractivity contribution in [2.45, 2.75) is 60.3 Å². The highest BCUT2D eigenvalue weighted by Gasteiger charge is 2.10. The Morgan fingerprint density at radius 2 is 1.35 bits per heavy atom. The third-order valence-corrected chi connectivity index (χ3v) is 5.57. The molecule has 0 radical (unpaired) electrons. The zero-order valence-corrected chi connectivity index (χ0v) is 21.3. The Balaban J connectivity index is 2.26. The lowest BCUT2D eigenvalue weighted by Crippen LogP contribution is -1.92. The molecule has 0 heterocycles. The van der Waals surface area contributed by atoms with Crippen LogP contribution in [0.25, 0.3) is 12.2 Å². The standard InChI is InChI=1S/C30H38O4/c1-20(2)8-7-9-22(5)11-14-25-16-23(19-29(34-6)30(25)33)12-13-24-17-27(31)26(28(32)18-24)15-10-21(3)4/h8,10-13,16-19,31-33H,7,9,14-15H2,1-6H3/b13-12+,22-11+. The van der Waals surface area contributed by atoms with E-state index in [0.717, 1.165) is 29.5 Å². The van der Waals surface area contributed by atoms with Crippen molar-refractivity contribution in [3.8, 4) is 23.0 Å². The number of methoxy groups -OCH3 is 1. The molecule has 34 heavy (non-hydrogen) atoms. The third-order valence-electron chi connectivity index (χ3n) is 5.57. The van der Waals surface area contributed by atoms with Crippen LogP contribution in [-0.4, -0.2) is 22.4 Å². The highest BCUT2D eigenvalue weighted by molar-refractivity contribution is 5.73. The fraction of sp³-hybridized carbons (Fsp3) is 0.333. The van der Waals surface area contributed by atoms with Gasteiger partial charge in [0.1, 0.15) is 11.5 Å². The van der Waals surface area contributed by atoms with Crippen LogP contribution >= 0.6 is 0 Å². The summed E-state index contributed by atoms with van der Waals surface area (Å²) >= 11 is 0. The molecule has 182 valence electrons. The Hall–Kier alpha value is -3.40. The maximum atomic E-state index is 10.6. The van der Waals surface area contributed by atoms with Gasteiger partial charge in [0.05, 0.1) is 7.11 Å². The molecule has 0 fully saturated rings. The lowest BCUT2D eigenvalue weighted by atomic mass is 10.0. The lowest BCUT2D eigenvalue weighted by molar-refractivity contribution is 0.371. The summed E-state index contributed by atoms with van der Waals surface area (Å²) in [5.74, 6) is 0.687. The minimum absolute atomic E-state index is 0.0647. The number of phenols is 3. The fourth-order valence-electron chi connectivity index (χ4n) is 3.54. The summed E-state index contributed by atoms with van der Waals surface area (Å²) in [5.41, 5.74) is 6.54. The second-order valence-electron chi connectivity index (χ2n) is 9.16. The molecule has 0 saturated heterocycles. The zero-order valence-electron chi connectivity index (χ0n) is 21.3. The zero-order chi connectivity index (χ0) is 25.3. The fourth-order valence-corrected chi connectivity index (χ4v) is 3.54. The molecule has 0 unspecified atom stereocenters. The Kier molecular flexibility index (Phi) is 10.1. The van der Waals surface area contributed by atoms with Gasteiger partial charge in [-0.15, -0.1) is 0 Å². The maximum Gasteiger partial charge on any atom is 0.161 e. The average Bonchev–Trinajstić information content (AvgIpc) is 2.76. The van der Waals surface area contributed by atoms with E-state index >= 15 is 0 Å². The summed E-state index contributed by atoms with van der Waals surface area (Å²) in [6.07, 6.45) is 13.1.